The third-order valence-corrected chi connectivity index (χ3v) is 2.17. The van der Waals surface area contributed by atoms with Crippen LogP contribution in [-0.4, -0.2) is 6.51 Å². The first kappa shape index (κ1) is 10.1. The Morgan fingerprint density at radius 3 is 2.46 bits per heavy atom. The van der Waals surface area contributed by atoms with Crippen molar-refractivity contribution in [3.05, 3.63) is 30.1 Å². The molecule has 0 saturated carbocycles. The van der Waals surface area contributed by atoms with Gasteiger partial charge in [0.1, 0.15) is 5.82 Å². The average molecular weight is 179 g/mol. The minimum Gasteiger partial charge on any atom is -0.521 e. The van der Waals surface area contributed by atoms with Crippen LogP contribution in [-0.2, 0) is 0 Å². The molecular weight excluding hydrogens is 164 g/mol. The molecule has 0 aliphatic heterocycles. The highest BCUT2D eigenvalue weighted by Crippen LogP contribution is 1.97. The molecule has 1 aromatic carbocycles. The van der Waals surface area contributed by atoms with Crippen LogP contribution in [0, 0.1) is 5.82 Å². The molecule has 1 rings (SSSR count). The number of rotatable bonds is 4. The molecule has 0 radical (unpaired) electrons. The van der Waals surface area contributed by atoms with Gasteiger partial charge in [0.15, 0.2) is 6.51 Å². The van der Waals surface area contributed by atoms with Crippen LogP contribution >= 0.6 is 0 Å². The molecule has 0 amide bonds. The van der Waals surface area contributed by atoms with Crippen molar-refractivity contribution >= 4 is 12.0 Å². The summed E-state index contributed by atoms with van der Waals surface area (Å²) in [7, 11) is 0. The van der Waals surface area contributed by atoms with E-state index >= 15 is 0 Å². The lowest BCUT2D eigenvalue weighted by molar-refractivity contribution is -0.0969. The van der Waals surface area contributed by atoms with Gasteiger partial charge < -0.3 is 5.31 Å². The van der Waals surface area contributed by atoms with Crippen LogP contribution in [0.2, 0.25) is 6.32 Å². The van der Waals surface area contributed by atoms with E-state index in [1.165, 1.54) is 12.1 Å². The molecule has 0 aliphatic carbocycles. The Balaban J connectivity index is 2.61. The van der Waals surface area contributed by atoms with Gasteiger partial charge >= 0.3 is 0 Å². The number of hydrogen-bond donors (Lipinski definition) is 1. The number of nitrogens with two attached hydrogens (primary N) is 1. The Bertz CT molecular complexity index is 281. The first-order chi connectivity index (χ1) is 6.24. The van der Waals surface area contributed by atoms with Gasteiger partial charge in [-0.25, -0.2) is 4.39 Å². The first-order valence-corrected chi connectivity index (χ1v) is 4.75. The molecule has 0 atom stereocenters. The number of benzene rings is 1. The fourth-order valence-corrected chi connectivity index (χ4v) is 1.30. The van der Waals surface area contributed by atoms with Gasteiger partial charge in [0.2, 0.25) is 0 Å². The van der Waals surface area contributed by atoms with Gasteiger partial charge in [0, 0.05) is 0 Å². The zero-order valence-corrected chi connectivity index (χ0v) is 7.96. The maximum atomic E-state index is 12.6. The molecule has 0 aromatic heterocycles. The van der Waals surface area contributed by atoms with E-state index in [4.69, 9.17) is 5.31 Å². The smallest absolute Gasteiger partial charge is 0.189 e. The second kappa shape index (κ2) is 4.90. The summed E-state index contributed by atoms with van der Waals surface area (Å²) in [5, 5.41) is 5.91. The van der Waals surface area contributed by atoms with E-state index < -0.39 is 0 Å². The van der Waals surface area contributed by atoms with E-state index in [9.17, 15) is 4.39 Å². The summed E-state index contributed by atoms with van der Waals surface area (Å²) >= 11 is 0. The monoisotopic (exact) mass is 179 g/mol. The molecule has 0 spiro atoms. The summed E-state index contributed by atoms with van der Waals surface area (Å²) in [6, 6.07) is 6.44. The van der Waals surface area contributed by atoms with Crippen molar-refractivity contribution in [3.63, 3.8) is 0 Å². The highest BCUT2D eigenvalue weighted by molar-refractivity contribution is 6.58. The van der Waals surface area contributed by atoms with Gasteiger partial charge in [-0.05, 0) is 12.1 Å². The normalized spacial score (nSPS) is 10.0. The maximum absolute atomic E-state index is 12.6. The molecule has 0 aliphatic rings. The van der Waals surface area contributed by atoms with E-state index in [2.05, 4.69) is 6.92 Å². The Kier molecular flexibility index (Phi) is 3.81. The van der Waals surface area contributed by atoms with Crippen molar-refractivity contribution in [3.8, 4) is 0 Å². The third-order valence-electron chi connectivity index (χ3n) is 2.17. The second-order valence-corrected chi connectivity index (χ2v) is 3.30. The third kappa shape index (κ3) is 3.09. The Morgan fingerprint density at radius 2 is 1.92 bits per heavy atom. The molecule has 0 unspecified atom stereocenters. The highest BCUT2D eigenvalue weighted by atomic mass is 19.1. The Hall–Kier alpha value is -0.985. The Labute approximate surface area is 78.6 Å². The Morgan fingerprint density at radius 1 is 1.31 bits per heavy atom. The van der Waals surface area contributed by atoms with Crippen LogP contribution in [0.1, 0.15) is 19.8 Å². The first-order valence-electron chi connectivity index (χ1n) is 4.75. The lowest BCUT2D eigenvalue weighted by Crippen LogP contribution is -2.49. The molecule has 3 heteroatoms. The summed E-state index contributed by atoms with van der Waals surface area (Å²) in [5.41, 5.74) is 1.02. The fourth-order valence-electron chi connectivity index (χ4n) is 1.30. The predicted octanol–water partition coefficient (Wildman–Crippen LogP) is 0.852. The van der Waals surface area contributed by atoms with E-state index in [1.807, 2.05) is 0 Å². The molecule has 0 fully saturated rings. The molecule has 70 valence electrons. The van der Waals surface area contributed by atoms with E-state index in [0.29, 0.717) is 0 Å². The molecular formula is C10H15BFN. The van der Waals surface area contributed by atoms with Crippen molar-refractivity contribution in [2.24, 2.45) is 0 Å². The van der Waals surface area contributed by atoms with Crippen molar-refractivity contribution in [1.29, 1.82) is 0 Å². The van der Waals surface area contributed by atoms with Crippen LogP contribution in [0.5, 0.6) is 0 Å². The van der Waals surface area contributed by atoms with Gasteiger partial charge in [0.25, 0.3) is 0 Å². The standard InChI is InChI=1S/C10H15BFN/c1-2-3-8-11(13)9-4-6-10(12)7-5-9/h4-7H,2-3,8,13H2,1H3. The molecule has 13 heavy (non-hydrogen) atoms. The van der Waals surface area contributed by atoms with Crippen LogP contribution in [0.3, 0.4) is 0 Å². The van der Waals surface area contributed by atoms with Crippen LogP contribution in [0.15, 0.2) is 24.3 Å². The van der Waals surface area contributed by atoms with Gasteiger partial charge in [-0.3, -0.25) is 0 Å². The highest BCUT2D eigenvalue weighted by Gasteiger charge is 1.97. The minimum atomic E-state index is -0.202. The lowest BCUT2D eigenvalue weighted by atomic mass is 9.60. The quantitative estimate of drug-likeness (QED) is 0.663. The van der Waals surface area contributed by atoms with Crippen molar-refractivity contribution in [2.75, 3.05) is 0 Å². The van der Waals surface area contributed by atoms with Crippen molar-refractivity contribution in [1.82, 2.24) is 0 Å². The molecule has 0 heterocycles. The summed E-state index contributed by atoms with van der Waals surface area (Å²) in [6.07, 6.45) is 3.25. The summed E-state index contributed by atoms with van der Waals surface area (Å²) in [6.45, 7) is 2.19. The maximum Gasteiger partial charge on any atom is 0.189 e. The molecule has 2 N–H and O–H groups in total. The van der Waals surface area contributed by atoms with Crippen molar-refractivity contribution < 1.29 is 9.70 Å². The average Bonchev–Trinajstić information content (AvgIpc) is 2.15. The van der Waals surface area contributed by atoms with Gasteiger partial charge in [-0.2, -0.15) is 5.46 Å². The van der Waals surface area contributed by atoms with Crippen LogP contribution in [0.25, 0.3) is 0 Å². The molecule has 0 saturated heterocycles. The van der Waals surface area contributed by atoms with Gasteiger partial charge in [-0.1, -0.05) is 31.9 Å². The molecule has 1 nitrogen and oxygen atoms in total. The summed E-state index contributed by atoms with van der Waals surface area (Å²) in [4.78, 5) is 0. The summed E-state index contributed by atoms with van der Waals surface area (Å²) < 4.78 is 12.6. The minimum absolute atomic E-state index is 0.0561. The summed E-state index contributed by atoms with van der Waals surface area (Å²) in [5.74, 6) is -0.202. The van der Waals surface area contributed by atoms with Crippen molar-refractivity contribution in [2.45, 2.75) is 26.1 Å². The zero-order chi connectivity index (χ0) is 9.68. The number of hydrogen-bond acceptors (Lipinski definition) is 0. The SMILES string of the molecule is CCCC[B-](=[NH2+])c1ccc(F)cc1. The fraction of sp³-hybridized carbons (Fsp3) is 0.400. The lowest BCUT2D eigenvalue weighted by Gasteiger charge is -2.05. The largest absolute Gasteiger partial charge is 0.521 e. The van der Waals surface area contributed by atoms with Gasteiger partial charge in [0.05, 0.1) is 0 Å². The van der Waals surface area contributed by atoms with E-state index in [1.54, 1.807) is 12.1 Å². The topological polar surface area (TPSA) is 25.6 Å². The molecule has 0 bridgehead atoms. The van der Waals surface area contributed by atoms with Crippen LogP contribution in [0.4, 0.5) is 4.39 Å². The van der Waals surface area contributed by atoms with Crippen LogP contribution < -0.4 is 10.8 Å². The zero-order valence-electron chi connectivity index (χ0n) is 7.96. The van der Waals surface area contributed by atoms with E-state index in [-0.39, 0.29) is 12.3 Å². The number of unbranched alkanes of at least 4 members (excludes halogenated alkanes) is 1. The predicted molar refractivity (Wildman–Crippen MR) is 53.4 cm³/mol. The van der Waals surface area contributed by atoms with Gasteiger partial charge in [-0.15, -0.1) is 6.32 Å². The molecule has 1 aromatic rings. The second-order valence-electron chi connectivity index (χ2n) is 3.30. The van der Waals surface area contributed by atoms with E-state index in [0.717, 1.165) is 24.6 Å². The number of halogens is 1.